The quantitative estimate of drug-likeness (QED) is 0.769. The van der Waals surface area contributed by atoms with Gasteiger partial charge in [-0.2, -0.15) is 0 Å². The highest BCUT2D eigenvalue weighted by atomic mass is 35.5. The Kier molecular flexibility index (Phi) is 6.35. The van der Waals surface area contributed by atoms with Crippen molar-refractivity contribution in [3.8, 4) is 0 Å². The van der Waals surface area contributed by atoms with E-state index in [2.05, 4.69) is 9.97 Å². The molecule has 2 heterocycles. The van der Waals surface area contributed by atoms with Crippen LogP contribution in [0, 0.1) is 0 Å². The van der Waals surface area contributed by atoms with Gasteiger partial charge in [-0.1, -0.05) is 11.6 Å². The molecule has 1 fully saturated rings. The second-order valence-electron chi connectivity index (χ2n) is 5.24. The zero-order chi connectivity index (χ0) is 15.9. The second-order valence-corrected chi connectivity index (χ2v) is 5.68. The molecule has 0 radical (unpaired) electrons. The number of carbonyl (C=O) groups is 1. The molecule has 1 aromatic rings. The number of hydrogen-bond acceptors (Lipinski definition) is 6. The average Bonchev–Trinajstić information content (AvgIpc) is 2.52. The lowest BCUT2D eigenvalue weighted by Crippen LogP contribution is -2.49. The molecule has 1 atom stereocenters. The summed E-state index contributed by atoms with van der Waals surface area (Å²) in [6.07, 6.45) is 2.98. The van der Waals surface area contributed by atoms with E-state index >= 15 is 0 Å². The molecule has 7 nitrogen and oxygen atoms in total. The van der Waals surface area contributed by atoms with Gasteiger partial charge in [0, 0.05) is 26.2 Å². The van der Waals surface area contributed by atoms with Gasteiger partial charge in [0.15, 0.2) is 0 Å². The molecule has 8 heteroatoms. The van der Waals surface area contributed by atoms with E-state index in [1.165, 1.54) is 0 Å². The first-order chi connectivity index (χ1) is 10.6. The first-order valence-corrected chi connectivity index (χ1v) is 7.70. The summed E-state index contributed by atoms with van der Waals surface area (Å²) in [6, 6.07) is 0. The molecule has 0 saturated carbocycles. The number of hydrogen-bond donors (Lipinski definition) is 1. The SMILES string of the molecule is CC(O)COCCC(=O)N1CCN(c2ncc(Cl)cn2)CC1. The molecule has 1 aliphatic heterocycles. The Labute approximate surface area is 134 Å². The van der Waals surface area contributed by atoms with Gasteiger partial charge in [0.25, 0.3) is 0 Å². The van der Waals surface area contributed by atoms with Crippen molar-refractivity contribution in [3.63, 3.8) is 0 Å². The Morgan fingerprint density at radius 2 is 2.00 bits per heavy atom. The summed E-state index contributed by atoms with van der Waals surface area (Å²) < 4.78 is 5.22. The molecule has 0 spiro atoms. The number of rotatable bonds is 6. The Balaban J connectivity index is 1.72. The van der Waals surface area contributed by atoms with E-state index in [9.17, 15) is 4.79 Å². The van der Waals surface area contributed by atoms with Crippen molar-refractivity contribution in [2.24, 2.45) is 0 Å². The number of nitrogens with zero attached hydrogens (tertiary/aromatic N) is 4. The molecule has 122 valence electrons. The molecular formula is C14H21ClN4O3. The number of amides is 1. The lowest BCUT2D eigenvalue weighted by atomic mass is 10.3. The maximum absolute atomic E-state index is 12.0. The second kappa shape index (κ2) is 8.26. The van der Waals surface area contributed by atoms with E-state index < -0.39 is 6.10 Å². The van der Waals surface area contributed by atoms with E-state index in [-0.39, 0.29) is 12.5 Å². The van der Waals surface area contributed by atoms with Crippen molar-refractivity contribution in [2.75, 3.05) is 44.3 Å². The highest BCUT2D eigenvalue weighted by Gasteiger charge is 2.22. The van der Waals surface area contributed by atoms with Crippen LogP contribution in [0.3, 0.4) is 0 Å². The number of carbonyl (C=O) groups excluding carboxylic acids is 1. The molecule has 0 bridgehead atoms. The first kappa shape index (κ1) is 16.9. The molecule has 22 heavy (non-hydrogen) atoms. The predicted molar refractivity (Wildman–Crippen MR) is 83.0 cm³/mol. The summed E-state index contributed by atoms with van der Waals surface area (Å²) in [5.74, 6) is 0.707. The standard InChI is InChI=1S/C14H21ClN4O3/c1-11(20)10-22-7-2-13(21)18-3-5-19(6-4-18)14-16-8-12(15)9-17-14/h8-9,11,20H,2-7,10H2,1H3. The Morgan fingerprint density at radius 3 is 2.59 bits per heavy atom. The molecular weight excluding hydrogens is 308 g/mol. The number of aromatic nitrogens is 2. The first-order valence-electron chi connectivity index (χ1n) is 7.32. The average molecular weight is 329 g/mol. The summed E-state index contributed by atoms with van der Waals surface area (Å²) in [6.45, 7) is 4.92. The maximum Gasteiger partial charge on any atom is 0.225 e. The summed E-state index contributed by atoms with van der Waals surface area (Å²) in [5, 5.41) is 9.58. The number of aliphatic hydroxyl groups excluding tert-OH is 1. The van der Waals surface area contributed by atoms with Crippen molar-refractivity contribution < 1.29 is 14.6 Å². The lowest BCUT2D eigenvalue weighted by molar-refractivity contribution is -0.132. The van der Waals surface area contributed by atoms with E-state index in [0.29, 0.717) is 50.2 Å². The fraction of sp³-hybridized carbons (Fsp3) is 0.643. The van der Waals surface area contributed by atoms with Crippen molar-refractivity contribution >= 4 is 23.5 Å². The van der Waals surface area contributed by atoms with Crippen molar-refractivity contribution in [1.29, 1.82) is 0 Å². The topological polar surface area (TPSA) is 78.8 Å². The van der Waals surface area contributed by atoms with Gasteiger partial charge in [-0.15, -0.1) is 0 Å². The van der Waals surface area contributed by atoms with E-state index in [1.54, 1.807) is 19.3 Å². The van der Waals surface area contributed by atoms with Crippen LogP contribution in [0.4, 0.5) is 5.95 Å². The highest BCUT2D eigenvalue weighted by Crippen LogP contribution is 2.13. The number of ether oxygens (including phenoxy) is 1. The lowest BCUT2D eigenvalue weighted by Gasteiger charge is -2.34. The van der Waals surface area contributed by atoms with Gasteiger partial charge in [0.2, 0.25) is 11.9 Å². The van der Waals surface area contributed by atoms with Gasteiger partial charge < -0.3 is 19.6 Å². The molecule has 1 unspecified atom stereocenters. The molecule has 1 aliphatic rings. The number of aliphatic hydroxyl groups is 1. The van der Waals surface area contributed by atoms with E-state index in [0.717, 1.165) is 0 Å². The van der Waals surface area contributed by atoms with Gasteiger partial charge in [-0.3, -0.25) is 4.79 Å². The van der Waals surface area contributed by atoms with Crippen LogP contribution in [0.25, 0.3) is 0 Å². The minimum Gasteiger partial charge on any atom is -0.391 e. The Morgan fingerprint density at radius 1 is 1.36 bits per heavy atom. The van der Waals surface area contributed by atoms with Gasteiger partial charge in [0.1, 0.15) is 0 Å². The maximum atomic E-state index is 12.0. The Hall–Kier alpha value is -1.44. The van der Waals surface area contributed by atoms with Crippen LogP contribution in [0.1, 0.15) is 13.3 Å². The molecule has 0 aliphatic carbocycles. The minimum atomic E-state index is -0.502. The zero-order valence-electron chi connectivity index (χ0n) is 12.6. The number of anilines is 1. The van der Waals surface area contributed by atoms with E-state index in [1.807, 2.05) is 9.80 Å². The van der Waals surface area contributed by atoms with Crippen molar-refractivity contribution in [3.05, 3.63) is 17.4 Å². The van der Waals surface area contributed by atoms with Crippen LogP contribution in [-0.4, -0.2) is 71.4 Å². The molecule has 0 aromatic carbocycles. The third-order valence-corrected chi connectivity index (χ3v) is 3.54. The van der Waals surface area contributed by atoms with Gasteiger partial charge in [-0.05, 0) is 6.92 Å². The van der Waals surface area contributed by atoms with Crippen LogP contribution >= 0.6 is 11.6 Å². The third-order valence-electron chi connectivity index (χ3n) is 3.34. The third kappa shape index (κ3) is 5.08. The molecule has 1 amide bonds. The Bertz CT molecular complexity index is 475. The summed E-state index contributed by atoms with van der Waals surface area (Å²) >= 11 is 5.77. The van der Waals surface area contributed by atoms with Crippen molar-refractivity contribution in [1.82, 2.24) is 14.9 Å². The highest BCUT2D eigenvalue weighted by molar-refractivity contribution is 6.30. The molecule has 1 saturated heterocycles. The molecule has 1 aromatic heterocycles. The van der Waals surface area contributed by atoms with E-state index in [4.69, 9.17) is 21.4 Å². The van der Waals surface area contributed by atoms with Gasteiger partial charge in [0.05, 0.1) is 43.2 Å². The van der Waals surface area contributed by atoms with Gasteiger partial charge >= 0.3 is 0 Å². The summed E-state index contributed by atoms with van der Waals surface area (Å²) in [5.41, 5.74) is 0. The molecule has 1 N–H and O–H groups in total. The minimum absolute atomic E-state index is 0.0715. The zero-order valence-corrected chi connectivity index (χ0v) is 13.4. The fourth-order valence-electron chi connectivity index (χ4n) is 2.20. The summed E-state index contributed by atoms with van der Waals surface area (Å²) in [7, 11) is 0. The smallest absolute Gasteiger partial charge is 0.225 e. The monoisotopic (exact) mass is 328 g/mol. The van der Waals surface area contributed by atoms with Crippen LogP contribution in [0.15, 0.2) is 12.4 Å². The van der Waals surface area contributed by atoms with Crippen molar-refractivity contribution in [2.45, 2.75) is 19.4 Å². The number of piperazine rings is 1. The van der Waals surface area contributed by atoms with Gasteiger partial charge in [-0.25, -0.2) is 9.97 Å². The fourth-order valence-corrected chi connectivity index (χ4v) is 2.29. The van der Waals surface area contributed by atoms with Crippen LogP contribution in [-0.2, 0) is 9.53 Å². The van der Waals surface area contributed by atoms with Crippen LogP contribution in [0.5, 0.6) is 0 Å². The molecule has 2 rings (SSSR count). The largest absolute Gasteiger partial charge is 0.391 e. The van der Waals surface area contributed by atoms with Crippen LogP contribution in [0.2, 0.25) is 5.02 Å². The van der Waals surface area contributed by atoms with Crippen LogP contribution < -0.4 is 4.90 Å². The summed E-state index contributed by atoms with van der Waals surface area (Å²) in [4.78, 5) is 24.3. The normalized spacial score (nSPS) is 16.7. The predicted octanol–water partition coefficient (Wildman–Crippen LogP) is 0.566. The number of halogens is 1.